The smallest absolute Gasteiger partial charge is 0.229 e. The van der Waals surface area contributed by atoms with Crippen LogP contribution in [-0.4, -0.2) is 52.9 Å². The molecule has 0 radical (unpaired) electrons. The molecule has 0 atom stereocenters. The number of benzene rings is 1. The maximum Gasteiger partial charge on any atom is 0.229 e. The number of nitrogens with zero attached hydrogens (tertiary/aromatic N) is 3. The number of carbonyl (C=O) groups excluding carboxylic acids is 2. The molecule has 1 aromatic carbocycles. The van der Waals surface area contributed by atoms with Crippen LogP contribution in [0, 0.1) is 11.2 Å². The third-order valence-electron chi connectivity index (χ3n) is 6.40. The minimum Gasteiger partial charge on any atom is -0.356 e. The Morgan fingerprint density at radius 3 is 2.47 bits per heavy atom. The lowest BCUT2D eigenvalue weighted by Crippen LogP contribution is -2.46. The Morgan fingerprint density at radius 2 is 1.77 bits per heavy atom. The maximum atomic E-state index is 13.3. The van der Waals surface area contributed by atoms with Crippen molar-refractivity contribution in [1.29, 1.82) is 0 Å². The molecule has 162 valence electrons. The molecule has 2 amide bonds. The van der Waals surface area contributed by atoms with Crippen LogP contribution in [0.4, 0.5) is 4.39 Å². The number of imide groups is 1. The molecular formula is C23H30FN3O3. The summed E-state index contributed by atoms with van der Waals surface area (Å²) in [6.45, 7) is 7.42. The largest absolute Gasteiger partial charge is 0.356 e. The van der Waals surface area contributed by atoms with Crippen LogP contribution in [0.3, 0.4) is 0 Å². The molecule has 1 aromatic heterocycles. The molecule has 7 heteroatoms. The molecule has 3 heterocycles. The second kappa shape index (κ2) is 8.46. The van der Waals surface area contributed by atoms with Crippen LogP contribution in [-0.2, 0) is 9.59 Å². The Bertz CT molecular complexity index is 911. The van der Waals surface area contributed by atoms with Gasteiger partial charge >= 0.3 is 0 Å². The number of carbonyl (C=O) groups is 2. The standard InChI is InChI=1S/C23H30FN3O3/c1-23(2)14-20(28)27(21(29)15-23)10-4-3-9-26-11-7-16(8-12-26)22-18-6-5-17(24)13-19(18)30-25-22/h5-6,13,16H,3-4,7-12,14-15H2,1-2H3. The fraction of sp³-hybridized carbons (Fsp3) is 0.609. The molecule has 0 unspecified atom stereocenters. The summed E-state index contributed by atoms with van der Waals surface area (Å²) in [5.74, 6) is -0.0369. The summed E-state index contributed by atoms with van der Waals surface area (Å²) < 4.78 is 18.7. The van der Waals surface area contributed by atoms with E-state index in [1.54, 1.807) is 6.07 Å². The highest BCUT2D eigenvalue weighted by Gasteiger charge is 2.36. The minimum atomic E-state index is -0.309. The summed E-state index contributed by atoms with van der Waals surface area (Å²) in [4.78, 5) is 28.4. The first kappa shape index (κ1) is 21.0. The van der Waals surface area contributed by atoms with Crippen molar-refractivity contribution in [1.82, 2.24) is 15.0 Å². The van der Waals surface area contributed by atoms with Crippen LogP contribution < -0.4 is 0 Å². The number of fused-ring (bicyclic) bond motifs is 1. The molecule has 0 aliphatic carbocycles. The third-order valence-corrected chi connectivity index (χ3v) is 6.40. The lowest BCUT2D eigenvalue weighted by atomic mass is 9.82. The summed E-state index contributed by atoms with van der Waals surface area (Å²) in [5, 5.41) is 5.12. The van der Waals surface area contributed by atoms with Gasteiger partial charge in [-0.15, -0.1) is 0 Å². The molecular weight excluding hydrogens is 385 g/mol. The maximum absolute atomic E-state index is 13.3. The van der Waals surface area contributed by atoms with Crippen molar-refractivity contribution in [2.24, 2.45) is 5.41 Å². The van der Waals surface area contributed by atoms with Gasteiger partial charge in [0.15, 0.2) is 5.58 Å². The van der Waals surface area contributed by atoms with E-state index in [9.17, 15) is 14.0 Å². The quantitative estimate of drug-likeness (QED) is 0.525. The van der Waals surface area contributed by atoms with Crippen molar-refractivity contribution in [3.8, 4) is 0 Å². The number of piperidine rings is 2. The van der Waals surface area contributed by atoms with Gasteiger partial charge in [-0.05, 0) is 62.9 Å². The summed E-state index contributed by atoms with van der Waals surface area (Å²) in [5.41, 5.74) is 1.24. The van der Waals surface area contributed by atoms with Crippen molar-refractivity contribution < 1.29 is 18.5 Å². The number of hydrogen-bond donors (Lipinski definition) is 0. The molecule has 0 spiro atoms. The van der Waals surface area contributed by atoms with E-state index in [2.05, 4.69) is 10.1 Å². The number of rotatable bonds is 6. The number of halogens is 1. The fourth-order valence-corrected chi connectivity index (χ4v) is 4.72. The van der Waals surface area contributed by atoms with E-state index >= 15 is 0 Å². The lowest BCUT2D eigenvalue weighted by molar-refractivity contribution is -0.152. The van der Waals surface area contributed by atoms with Crippen LogP contribution in [0.5, 0.6) is 0 Å². The highest BCUT2D eigenvalue weighted by atomic mass is 19.1. The van der Waals surface area contributed by atoms with Gasteiger partial charge in [-0.3, -0.25) is 14.5 Å². The van der Waals surface area contributed by atoms with E-state index < -0.39 is 0 Å². The second-order valence-electron chi connectivity index (χ2n) is 9.49. The first-order valence-electron chi connectivity index (χ1n) is 10.9. The topological polar surface area (TPSA) is 66.7 Å². The summed E-state index contributed by atoms with van der Waals surface area (Å²) >= 11 is 0. The summed E-state index contributed by atoms with van der Waals surface area (Å²) in [6.07, 6.45) is 4.72. The monoisotopic (exact) mass is 415 g/mol. The van der Waals surface area contributed by atoms with E-state index in [-0.39, 0.29) is 23.0 Å². The highest BCUT2D eigenvalue weighted by Crippen LogP contribution is 2.33. The molecule has 2 fully saturated rings. The molecule has 6 nitrogen and oxygen atoms in total. The lowest BCUT2D eigenvalue weighted by Gasteiger charge is -2.35. The fourth-order valence-electron chi connectivity index (χ4n) is 4.72. The van der Waals surface area contributed by atoms with Gasteiger partial charge in [0.25, 0.3) is 0 Å². The average Bonchev–Trinajstić information content (AvgIpc) is 3.09. The van der Waals surface area contributed by atoms with E-state index in [0.717, 1.165) is 56.4 Å². The van der Waals surface area contributed by atoms with Crippen LogP contribution in [0.2, 0.25) is 0 Å². The molecule has 0 N–H and O–H groups in total. The Kier molecular flexibility index (Phi) is 5.91. The van der Waals surface area contributed by atoms with Gasteiger partial charge in [-0.25, -0.2) is 4.39 Å². The zero-order valence-electron chi connectivity index (χ0n) is 17.8. The van der Waals surface area contributed by atoms with Crippen LogP contribution >= 0.6 is 0 Å². The van der Waals surface area contributed by atoms with E-state index in [0.29, 0.717) is 30.9 Å². The van der Waals surface area contributed by atoms with E-state index in [1.807, 2.05) is 13.8 Å². The van der Waals surface area contributed by atoms with Crippen molar-refractivity contribution >= 4 is 22.8 Å². The number of aromatic nitrogens is 1. The van der Waals surface area contributed by atoms with Gasteiger partial charge in [-0.2, -0.15) is 0 Å². The van der Waals surface area contributed by atoms with Crippen molar-refractivity contribution in [2.75, 3.05) is 26.2 Å². The Morgan fingerprint density at radius 1 is 1.10 bits per heavy atom. The van der Waals surface area contributed by atoms with Crippen LogP contribution in [0.1, 0.15) is 64.0 Å². The van der Waals surface area contributed by atoms with Gasteiger partial charge < -0.3 is 9.42 Å². The first-order valence-corrected chi connectivity index (χ1v) is 10.9. The predicted molar refractivity (Wildman–Crippen MR) is 111 cm³/mol. The molecule has 4 rings (SSSR count). The van der Waals surface area contributed by atoms with Crippen molar-refractivity contribution in [3.63, 3.8) is 0 Å². The average molecular weight is 416 g/mol. The normalized spacial score (nSPS) is 21.0. The Hall–Kier alpha value is -2.28. The zero-order chi connectivity index (χ0) is 21.3. The molecule has 30 heavy (non-hydrogen) atoms. The van der Waals surface area contributed by atoms with Crippen LogP contribution in [0.15, 0.2) is 22.7 Å². The third kappa shape index (κ3) is 4.56. The number of hydrogen-bond acceptors (Lipinski definition) is 5. The van der Waals surface area contributed by atoms with Crippen molar-refractivity contribution in [2.45, 2.75) is 58.3 Å². The van der Waals surface area contributed by atoms with Crippen molar-refractivity contribution in [3.05, 3.63) is 29.7 Å². The SMILES string of the molecule is CC1(C)CC(=O)N(CCCCN2CCC(c3noc4cc(F)ccc34)CC2)C(=O)C1. The van der Waals surface area contributed by atoms with Crippen LogP contribution in [0.25, 0.3) is 11.0 Å². The number of amides is 2. The Labute approximate surface area is 176 Å². The summed E-state index contributed by atoms with van der Waals surface area (Å²) in [7, 11) is 0. The van der Waals surface area contributed by atoms with Gasteiger partial charge in [0.2, 0.25) is 11.8 Å². The summed E-state index contributed by atoms with van der Waals surface area (Å²) in [6, 6.07) is 4.60. The molecule has 0 saturated carbocycles. The van der Waals surface area contributed by atoms with Gasteiger partial charge in [0.1, 0.15) is 5.82 Å². The van der Waals surface area contributed by atoms with Gasteiger partial charge in [0, 0.05) is 36.8 Å². The van der Waals surface area contributed by atoms with E-state index in [4.69, 9.17) is 4.52 Å². The Balaban J connectivity index is 1.21. The first-order chi connectivity index (χ1) is 14.3. The molecule has 2 saturated heterocycles. The van der Waals surface area contributed by atoms with Gasteiger partial charge in [-0.1, -0.05) is 19.0 Å². The number of unbranched alkanes of at least 4 members (excludes halogenated alkanes) is 1. The molecule has 2 aliphatic heterocycles. The molecule has 2 aliphatic rings. The van der Waals surface area contributed by atoms with E-state index in [1.165, 1.54) is 17.0 Å². The van der Waals surface area contributed by atoms with Gasteiger partial charge in [0.05, 0.1) is 5.69 Å². The molecule has 2 aromatic rings. The zero-order valence-corrected chi connectivity index (χ0v) is 17.8. The molecule has 0 bridgehead atoms. The predicted octanol–water partition coefficient (Wildman–Crippen LogP) is 4.10. The number of likely N-dealkylation sites (tertiary alicyclic amines) is 2. The highest BCUT2D eigenvalue weighted by molar-refractivity contribution is 5.98. The second-order valence-corrected chi connectivity index (χ2v) is 9.49. The minimum absolute atomic E-state index is 0.0308.